The molecule has 1 fully saturated rings. The van der Waals surface area contributed by atoms with Gasteiger partial charge < -0.3 is 9.47 Å². The van der Waals surface area contributed by atoms with Gasteiger partial charge in [0.2, 0.25) is 0 Å². The Labute approximate surface area is 193 Å². The van der Waals surface area contributed by atoms with Crippen LogP contribution < -0.4 is 4.74 Å². The van der Waals surface area contributed by atoms with Crippen LogP contribution in [0.2, 0.25) is 0 Å². The molecule has 0 N–H and O–H groups in total. The lowest BCUT2D eigenvalue weighted by Gasteiger charge is -2.22. The maximum absolute atomic E-state index is 13.2. The van der Waals surface area contributed by atoms with Gasteiger partial charge in [0, 0.05) is 6.04 Å². The normalized spacial score (nSPS) is 17.1. The molecule has 0 unspecified atom stereocenters. The van der Waals surface area contributed by atoms with E-state index < -0.39 is 5.97 Å². The lowest BCUT2D eigenvalue weighted by molar-refractivity contribution is -0.145. The summed E-state index contributed by atoms with van der Waals surface area (Å²) in [5.74, 6) is 0.114. The third-order valence-corrected chi connectivity index (χ3v) is 5.95. The van der Waals surface area contributed by atoms with E-state index in [0.29, 0.717) is 22.4 Å². The molecule has 168 valence electrons. The van der Waals surface area contributed by atoms with Crippen molar-refractivity contribution in [3.8, 4) is 5.75 Å². The van der Waals surface area contributed by atoms with Crippen LogP contribution in [0.3, 0.4) is 0 Å². The Morgan fingerprint density at radius 2 is 1.81 bits per heavy atom. The zero-order valence-electron chi connectivity index (χ0n) is 18.8. The minimum Gasteiger partial charge on any atom is -0.482 e. The molecule has 0 aromatic heterocycles. The number of amides is 1. The molecule has 0 aliphatic carbocycles. The highest BCUT2D eigenvalue weighted by molar-refractivity contribution is 8.18. The van der Waals surface area contributed by atoms with Gasteiger partial charge in [0.1, 0.15) is 5.75 Å². The quantitative estimate of drug-likeness (QED) is 0.399. The molecule has 1 atom stereocenters. The van der Waals surface area contributed by atoms with E-state index in [1.165, 1.54) is 11.8 Å². The van der Waals surface area contributed by atoms with E-state index in [1.54, 1.807) is 24.0 Å². The number of carbonyl (C=O) groups is 2. The van der Waals surface area contributed by atoms with Crippen molar-refractivity contribution >= 4 is 40.6 Å². The fourth-order valence-corrected chi connectivity index (χ4v) is 4.11. The number of aryl methyl sites for hydroxylation is 1. The molecule has 2 aromatic carbocycles. The first kappa shape index (κ1) is 23.6. The van der Waals surface area contributed by atoms with Gasteiger partial charge >= 0.3 is 5.97 Å². The van der Waals surface area contributed by atoms with Gasteiger partial charge in [-0.3, -0.25) is 9.69 Å². The summed E-state index contributed by atoms with van der Waals surface area (Å²) >= 11 is 1.38. The van der Waals surface area contributed by atoms with Gasteiger partial charge in [0.25, 0.3) is 5.91 Å². The second-order valence-electron chi connectivity index (χ2n) is 7.44. The first-order valence-electron chi connectivity index (χ1n) is 10.7. The summed E-state index contributed by atoms with van der Waals surface area (Å²) in [7, 11) is 0. The summed E-state index contributed by atoms with van der Waals surface area (Å²) in [5, 5.41) is 0.689. The van der Waals surface area contributed by atoms with Crippen LogP contribution in [0.4, 0.5) is 5.69 Å². The Bertz CT molecular complexity index is 1010. The van der Waals surface area contributed by atoms with E-state index in [1.807, 2.05) is 56.3 Å². The number of esters is 1. The van der Waals surface area contributed by atoms with Crippen LogP contribution in [0.1, 0.15) is 38.3 Å². The summed E-state index contributed by atoms with van der Waals surface area (Å²) < 4.78 is 10.3. The molecule has 7 heteroatoms. The number of aliphatic imine (C=N–C) groups is 1. The van der Waals surface area contributed by atoms with E-state index in [0.717, 1.165) is 23.2 Å². The zero-order chi connectivity index (χ0) is 23.1. The minimum atomic E-state index is -0.405. The molecule has 1 aliphatic heterocycles. The molecular weight excluding hydrogens is 424 g/mol. The van der Waals surface area contributed by atoms with Gasteiger partial charge in [-0.05, 0) is 74.9 Å². The second-order valence-corrected chi connectivity index (χ2v) is 8.44. The summed E-state index contributed by atoms with van der Waals surface area (Å²) in [4.78, 5) is 31.7. The van der Waals surface area contributed by atoms with E-state index in [4.69, 9.17) is 14.5 Å². The van der Waals surface area contributed by atoms with E-state index in [2.05, 4.69) is 6.92 Å². The number of carbonyl (C=O) groups excluding carboxylic acids is 2. The Kier molecular flexibility index (Phi) is 8.11. The van der Waals surface area contributed by atoms with Gasteiger partial charge in [-0.1, -0.05) is 36.8 Å². The van der Waals surface area contributed by atoms with Crippen molar-refractivity contribution in [2.75, 3.05) is 13.2 Å². The number of thioether (sulfide) groups is 1. The van der Waals surface area contributed by atoms with E-state index in [9.17, 15) is 9.59 Å². The van der Waals surface area contributed by atoms with Crippen molar-refractivity contribution in [1.29, 1.82) is 0 Å². The van der Waals surface area contributed by atoms with Crippen LogP contribution in [0.5, 0.6) is 5.75 Å². The van der Waals surface area contributed by atoms with Crippen molar-refractivity contribution in [3.05, 3.63) is 64.6 Å². The number of ether oxygens (including phenoxy) is 2. The van der Waals surface area contributed by atoms with E-state index >= 15 is 0 Å². The standard InChI is InChI=1S/C25H28N2O4S/c1-5-18(4)27-24(29)22(32-25(27)26-20-11-7-17(3)8-12-20)15-19-9-13-21(14-10-19)31-16-23(28)30-6-2/h7-15,18H,5-6,16H2,1-4H3/b22-15+,26-25?/t18-/m0/s1. The van der Waals surface area contributed by atoms with Gasteiger partial charge in [-0.2, -0.15) is 0 Å². The van der Waals surface area contributed by atoms with Crippen LogP contribution in [-0.4, -0.2) is 41.2 Å². The predicted octanol–water partition coefficient (Wildman–Crippen LogP) is 5.34. The van der Waals surface area contributed by atoms with Gasteiger partial charge in [-0.25, -0.2) is 9.79 Å². The number of amidine groups is 1. The molecule has 2 aromatic rings. The molecule has 0 radical (unpaired) electrons. The monoisotopic (exact) mass is 452 g/mol. The largest absolute Gasteiger partial charge is 0.482 e. The molecule has 1 saturated heterocycles. The maximum Gasteiger partial charge on any atom is 0.344 e. The average molecular weight is 453 g/mol. The van der Waals surface area contributed by atoms with Crippen molar-refractivity contribution in [2.45, 2.75) is 40.2 Å². The smallest absolute Gasteiger partial charge is 0.344 e. The highest BCUT2D eigenvalue weighted by atomic mass is 32.2. The summed E-state index contributed by atoms with van der Waals surface area (Å²) in [6, 6.07) is 15.2. The fourth-order valence-electron chi connectivity index (χ4n) is 3.02. The number of hydrogen-bond acceptors (Lipinski definition) is 6. The lowest BCUT2D eigenvalue weighted by Crippen LogP contribution is -2.36. The van der Waals surface area contributed by atoms with Crippen molar-refractivity contribution in [3.63, 3.8) is 0 Å². The van der Waals surface area contributed by atoms with E-state index in [-0.39, 0.29) is 18.6 Å². The number of hydrogen-bond donors (Lipinski definition) is 0. The molecule has 0 saturated carbocycles. The summed E-state index contributed by atoms with van der Waals surface area (Å²) in [6.45, 7) is 8.06. The van der Waals surface area contributed by atoms with Crippen LogP contribution in [0, 0.1) is 6.92 Å². The number of benzene rings is 2. The molecule has 1 heterocycles. The topological polar surface area (TPSA) is 68.2 Å². The van der Waals surface area contributed by atoms with Crippen molar-refractivity contribution < 1.29 is 19.1 Å². The highest BCUT2D eigenvalue weighted by Crippen LogP contribution is 2.36. The molecule has 6 nitrogen and oxygen atoms in total. The predicted molar refractivity (Wildman–Crippen MR) is 129 cm³/mol. The SMILES string of the molecule is CCOC(=O)COc1ccc(/C=C2/SC(=Nc3ccc(C)cc3)N([C@@H](C)CC)C2=O)cc1. The summed E-state index contributed by atoms with van der Waals surface area (Å²) in [6.07, 6.45) is 2.69. The Hall–Kier alpha value is -3.06. The maximum atomic E-state index is 13.2. The van der Waals surface area contributed by atoms with Crippen LogP contribution >= 0.6 is 11.8 Å². The minimum absolute atomic E-state index is 0.0437. The Morgan fingerprint density at radius 1 is 1.12 bits per heavy atom. The third-order valence-electron chi connectivity index (χ3n) is 4.97. The third kappa shape index (κ3) is 6.01. The summed E-state index contributed by atoms with van der Waals surface area (Å²) in [5.41, 5.74) is 2.85. The Balaban J connectivity index is 1.79. The Morgan fingerprint density at radius 3 is 2.44 bits per heavy atom. The van der Waals surface area contributed by atoms with Gasteiger partial charge in [0.05, 0.1) is 17.2 Å². The first-order valence-corrected chi connectivity index (χ1v) is 11.5. The molecule has 1 aliphatic rings. The second kappa shape index (κ2) is 11.0. The number of nitrogens with zero attached hydrogens (tertiary/aromatic N) is 2. The zero-order valence-corrected chi connectivity index (χ0v) is 19.6. The van der Waals surface area contributed by atoms with Gasteiger partial charge in [0.15, 0.2) is 11.8 Å². The molecule has 3 rings (SSSR count). The van der Waals surface area contributed by atoms with Crippen LogP contribution in [0.15, 0.2) is 58.4 Å². The molecule has 1 amide bonds. The molecular formula is C25H28N2O4S. The first-order chi connectivity index (χ1) is 15.4. The van der Waals surface area contributed by atoms with Crippen LogP contribution in [0.25, 0.3) is 6.08 Å². The number of rotatable bonds is 8. The lowest BCUT2D eigenvalue weighted by atomic mass is 10.2. The van der Waals surface area contributed by atoms with Crippen LogP contribution in [-0.2, 0) is 14.3 Å². The van der Waals surface area contributed by atoms with Gasteiger partial charge in [-0.15, -0.1) is 0 Å². The highest BCUT2D eigenvalue weighted by Gasteiger charge is 2.36. The van der Waals surface area contributed by atoms with Crippen molar-refractivity contribution in [2.24, 2.45) is 4.99 Å². The molecule has 0 spiro atoms. The molecule has 32 heavy (non-hydrogen) atoms. The van der Waals surface area contributed by atoms with Crippen molar-refractivity contribution in [1.82, 2.24) is 4.90 Å². The molecule has 0 bridgehead atoms. The fraction of sp³-hybridized carbons (Fsp3) is 0.320. The average Bonchev–Trinajstić information content (AvgIpc) is 3.09.